The van der Waals surface area contributed by atoms with Crippen molar-refractivity contribution in [2.24, 2.45) is 0 Å². The highest BCUT2D eigenvalue weighted by Crippen LogP contribution is 2.16. The van der Waals surface area contributed by atoms with Crippen molar-refractivity contribution in [3.05, 3.63) is 60.1 Å². The van der Waals surface area contributed by atoms with E-state index < -0.39 is 11.6 Å². The number of hydrogen-bond acceptors (Lipinski definition) is 7. The first-order valence-electron chi connectivity index (χ1n) is 9.14. The van der Waals surface area contributed by atoms with Gasteiger partial charge in [-0.1, -0.05) is 6.07 Å². The summed E-state index contributed by atoms with van der Waals surface area (Å²) in [6.07, 6.45) is 4.59. The number of carbonyl (C=O) groups excluding carboxylic acids is 1. The number of halogens is 2. The molecule has 0 radical (unpaired) electrons. The summed E-state index contributed by atoms with van der Waals surface area (Å²) >= 11 is 0. The Balaban J connectivity index is 1.59. The first-order chi connectivity index (χ1) is 14.4. The molecule has 2 aromatic heterocycles. The predicted octanol–water partition coefficient (Wildman–Crippen LogP) is 1.80. The van der Waals surface area contributed by atoms with Gasteiger partial charge in [-0.2, -0.15) is 10.1 Å². The van der Waals surface area contributed by atoms with Gasteiger partial charge < -0.3 is 21.1 Å². The molecule has 1 unspecified atom stereocenters. The van der Waals surface area contributed by atoms with Crippen molar-refractivity contribution in [2.75, 3.05) is 17.2 Å². The van der Waals surface area contributed by atoms with E-state index in [0.717, 1.165) is 0 Å². The summed E-state index contributed by atoms with van der Waals surface area (Å²) in [4.78, 5) is 20.2. The number of hydrogen-bond donors (Lipinski definition) is 4. The van der Waals surface area contributed by atoms with E-state index in [1.54, 1.807) is 19.2 Å². The summed E-state index contributed by atoms with van der Waals surface area (Å²) in [5.74, 6) is -0.944. The van der Waals surface area contributed by atoms with Crippen LogP contribution >= 0.6 is 0 Å². The second kappa shape index (κ2) is 9.74. The Hall–Kier alpha value is -3.60. The molecule has 3 aromatic rings. The maximum Gasteiger partial charge on any atom is 0.242 e. The Kier molecular flexibility index (Phi) is 6.86. The zero-order valence-electron chi connectivity index (χ0n) is 16.1. The van der Waals surface area contributed by atoms with Gasteiger partial charge in [0.25, 0.3) is 0 Å². The lowest BCUT2D eigenvalue weighted by Crippen LogP contribution is -2.37. The minimum absolute atomic E-state index is 0.0112. The van der Waals surface area contributed by atoms with Gasteiger partial charge in [0.2, 0.25) is 11.9 Å². The average molecular weight is 417 g/mol. The van der Waals surface area contributed by atoms with Crippen molar-refractivity contribution < 1.29 is 18.7 Å². The molecule has 0 saturated carbocycles. The number of benzene rings is 1. The summed E-state index contributed by atoms with van der Waals surface area (Å²) in [5.41, 5.74) is 0.469. The molecule has 0 spiro atoms. The fourth-order valence-corrected chi connectivity index (χ4v) is 2.55. The van der Waals surface area contributed by atoms with Gasteiger partial charge in [-0.15, -0.1) is 0 Å². The Morgan fingerprint density at radius 2 is 2.03 bits per heavy atom. The number of rotatable bonds is 9. The summed E-state index contributed by atoms with van der Waals surface area (Å²) < 4.78 is 28.9. The molecule has 1 aromatic carbocycles. The third-order valence-electron chi connectivity index (χ3n) is 4.04. The molecule has 0 saturated heterocycles. The van der Waals surface area contributed by atoms with Crippen molar-refractivity contribution in [2.45, 2.75) is 26.1 Å². The summed E-state index contributed by atoms with van der Waals surface area (Å²) in [5, 5.41) is 21.5. The number of carbonyl (C=O) groups is 1. The molecule has 1 amide bonds. The molecule has 30 heavy (non-hydrogen) atoms. The van der Waals surface area contributed by atoms with Crippen LogP contribution in [0.15, 0.2) is 42.9 Å². The predicted molar refractivity (Wildman–Crippen MR) is 106 cm³/mol. The maximum absolute atomic E-state index is 13.7. The van der Waals surface area contributed by atoms with E-state index in [4.69, 9.17) is 5.11 Å². The molecule has 158 valence electrons. The van der Waals surface area contributed by atoms with Gasteiger partial charge in [-0.25, -0.2) is 13.8 Å². The van der Waals surface area contributed by atoms with Crippen molar-refractivity contribution in [1.29, 1.82) is 0 Å². The zero-order chi connectivity index (χ0) is 21.5. The molecular formula is C19H21F2N7O2. The van der Waals surface area contributed by atoms with Crippen LogP contribution in [0.3, 0.4) is 0 Å². The second-order valence-electron chi connectivity index (χ2n) is 6.52. The van der Waals surface area contributed by atoms with E-state index in [1.807, 2.05) is 0 Å². The Bertz CT molecular complexity index is 992. The van der Waals surface area contributed by atoms with Crippen LogP contribution in [-0.4, -0.2) is 43.4 Å². The molecule has 0 fully saturated rings. The fourth-order valence-electron chi connectivity index (χ4n) is 2.55. The SMILES string of the molecule is CC(CO)NC(=O)Cn1cc(Nc2nccc(NCc3c(F)cccc3F)n2)cn1. The summed E-state index contributed by atoms with van der Waals surface area (Å²) in [6, 6.07) is 4.91. The van der Waals surface area contributed by atoms with Gasteiger partial charge in [-0.3, -0.25) is 9.48 Å². The lowest BCUT2D eigenvalue weighted by molar-refractivity contribution is -0.122. The standard InChI is InChI=1S/C19H21F2N7O2/c1-12(11-29)25-18(30)10-28-9-13(7-24-28)26-19-22-6-5-17(27-19)23-8-14-15(20)3-2-4-16(14)21/h2-7,9,12,29H,8,10-11H2,1H3,(H,25,30)(H2,22,23,26,27). The van der Waals surface area contributed by atoms with Gasteiger partial charge in [0.1, 0.15) is 24.0 Å². The highest BCUT2D eigenvalue weighted by atomic mass is 19.1. The van der Waals surface area contributed by atoms with Gasteiger partial charge in [0.15, 0.2) is 0 Å². The van der Waals surface area contributed by atoms with Crippen LogP contribution in [0.2, 0.25) is 0 Å². The zero-order valence-corrected chi connectivity index (χ0v) is 16.1. The van der Waals surface area contributed by atoms with Crippen LogP contribution in [0.25, 0.3) is 0 Å². The van der Waals surface area contributed by atoms with Crippen molar-refractivity contribution in [3.63, 3.8) is 0 Å². The topological polar surface area (TPSA) is 117 Å². The number of nitrogens with zero attached hydrogens (tertiary/aromatic N) is 4. The highest BCUT2D eigenvalue weighted by molar-refractivity contribution is 5.76. The first-order valence-corrected chi connectivity index (χ1v) is 9.14. The normalized spacial score (nSPS) is 11.7. The summed E-state index contributed by atoms with van der Waals surface area (Å²) in [7, 11) is 0. The number of amides is 1. The van der Waals surface area contributed by atoms with E-state index in [2.05, 4.69) is 31.0 Å². The molecule has 2 heterocycles. The van der Waals surface area contributed by atoms with Gasteiger partial charge in [0.05, 0.1) is 18.5 Å². The van der Waals surface area contributed by atoms with Gasteiger partial charge in [-0.05, 0) is 25.1 Å². The van der Waals surface area contributed by atoms with Crippen molar-refractivity contribution >= 4 is 23.4 Å². The van der Waals surface area contributed by atoms with Crippen LogP contribution in [0.5, 0.6) is 0 Å². The molecule has 9 nitrogen and oxygen atoms in total. The molecule has 4 N–H and O–H groups in total. The number of aromatic nitrogens is 4. The third-order valence-corrected chi connectivity index (χ3v) is 4.04. The molecule has 0 aliphatic heterocycles. The molecule has 1 atom stereocenters. The van der Waals surface area contributed by atoms with Crippen LogP contribution in [0.1, 0.15) is 12.5 Å². The average Bonchev–Trinajstić information content (AvgIpc) is 3.14. The summed E-state index contributed by atoms with van der Waals surface area (Å²) in [6.45, 7) is 1.45. The third kappa shape index (κ3) is 5.70. The number of aliphatic hydroxyl groups is 1. The first kappa shape index (κ1) is 21.1. The monoisotopic (exact) mass is 417 g/mol. The van der Waals surface area contributed by atoms with Crippen LogP contribution in [-0.2, 0) is 17.9 Å². The molecule has 11 heteroatoms. The van der Waals surface area contributed by atoms with Gasteiger partial charge in [0, 0.05) is 30.5 Å². The number of aliphatic hydroxyl groups excluding tert-OH is 1. The van der Waals surface area contributed by atoms with E-state index in [-0.39, 0.29) is 43.2 Å². The molecule has 0 aliphatic carbocycles. The van der Waals surface area contributed by atoms with E-state index in [0.29, 0.717) is 11.5 Å². The highest BCUT2D eigenvalue weighted by Gasteiger charge is 2.10. The smallest absolute Gasteiger partial charge is 0.242 e. The number of anilines is 3. The molecule has 0 aliphatic rings. The Morgan fingerprint density at radius 3 is 2.77 bits per heavy atom. The van der Waals surface area contributed by atoms with E-state index in [9.17, 15) is 13.6 Å². The number of nitrogens with one attached hydrogen (secondary N) is 3. The minimum Gasteiger partial charge on any atom is -0.394 e. The van der Waals surface area contributed by atoms with Crippen LogP contribution in [0.4, 0.5) is 26.2 Å². The molecule has 0 bridgehead atoms. The Morgan fingerprint density at radius 1 is 1.27 bits per heavy atom. The van der Waals surface area contributed by atoms with E-state index >= 15 is 0 Å². The van der Waals surface area contributed by atoms with Crippen LogP contribution < -0.4 is 16.0 Å². The molecular weight excluding hydrogens is 396 g/mol. The largest absolute Gasteiger partial charge is 0.394 e. The maximum atomic E-state index is 13.7. The van der Waals surface area contributed by atoms with Crippen molar-refractivity contribution in [1.82, 2.24) is 25.1 Å². The second-order valence-corrected chi connectivity index (χ2v) is 6.52. The van der Waals surface area contributed by atoms with E-state index in [1.165, 1.54) is 35.3 Å². The molecule has 3 rings (SSSR count). The van der Waals surface area contributed by atoms with Crippen molar-refractivity contribution in [3.8, 4) is 0 Å². The minimum atomic E-state index is -0.639. The lowest BCUT2D eigenvalue weighted by atomic mass is 10.2. The lowest BCUT2D eigenvalue weighted by Gasteiger charge is -2.10. The van der Waals surface area contributed by atoms with Crippen LogP contribution in [0, 0.1) is 11.6 Å². The van der Waals surface area contributed by atoms with Gasteiger partial charge >= 0.3 is 0 Å². The quantitative estimate of drug-likeness (QED) is 0.419. The Labute approximate surface area is 171 Å². The fraction of sp³-hybridized carbons (Fsp3) is 0.263.